The van der Waals surface area contributed by atoms with E-state index in [-0.39, 0.29) is 23.5 Å². The lowest BCUT2D eigenvalue weighted by Crippen LogP contribution is -2.09. The minimum atomic E-state index is -0.685. The third kappa shape index (κ3) is 3.11. The Labute approximate surface area is 114 Å². The molecule has 0 saturated heterocycles. The standard InChI is InChI=1S/C14H12N2O4/c15-13-7-6-11(16(18)19)8-12(13)14(17)20-9-10-4-2-1-3-5-10/h1-8H,9,15H2. The maximum atomic E-state index is 11.9. The molecular formula is C14H12N2O4. The van der Waals surface area contributed by atoms with Crippen LogP contribution in [0, 0.1) is 10.1 Å². The highest BCUT2D eigenvalue weighted by molar-refractivity contribution is 5.95. The van der Waals surface area contributed by atoms with Crippen molar-refractivity contribution in [3.05, 3.63) is 69.8 Å². The molecule has 0 fully saturated rings. The molecule has 0 aliphatic carbocycles. The molecule has 0 aliphatic heterocycles. The topological polar surface area (TPSA) is 95.5 Å². The molecule has 0 aliphatic rings. The van der Waals surface area contributed by atoms with Crippen LogP contribution in [0.25, 0.3) is 0 Å². The van der Waals surface area contributed by atoms with Gasteiger partial charge in [-0.05, 0) is 11.6 Å². The van der Waals surface area contributed by atoms with Crippen molar-refractivity contribution < 1.29 is 14.5 Å². The normalized spacial score (nSPS) is 10.0. The van der Waals surface area contributed by atoms with Crippen LogP contribution in [0.3, 0.4) is 0 Å². The zero-order valence-corrected chi connectivity index (χ0v) is 10.5. The predicted octanol–water partition coefficient (Wildman–Crippen LogP) is 2.53. The van der Waals surface area contributed by atoms with E-state index in [2.05, 4.69) is 0 Å². The zero-order chi connectivity index (χ0) is 14.5. The van der Waals surface area contributed by atoms with Crippen molar-refractivity contribution in [2.24, 2.45) is 0 Å². The van der Waals surface area contributed by atoms with E-state index in [0.29, 0.717) is 0 Å². The maximum Gasteiger partial charge on any atom is 0.340 e. The van der Waals surface area contributed by atoms with Gasteiger partial charge < -0.3 is 10.5 Å². The van der Waals surface area contributed by atoms with Crippen molar-refractivity contribution >= 4 is 17.3 Å². The van der Waals surface area contributed by atoms with Gasteiger partial charge in [0.05, 0.1) is 10.5 Å². The van der Waals surface area contributed by atoms with E-state index >= 15 is 0 Å². The first-order valence-electron chi connectivity index (χ1n) is 5.83. The lowest BCUT2D eigenvalue weighted by atomic mass is 10.1. The summed E-state index contributed by atoms with van der Waals surface area (Å²) >= 11 is 0. The zero-order valence-electron chi connectivity index (χ0n) is 10.5. The van der Waals surface area contributed by atoms with E-state index in [1.165, 1.54) is 12.1 Å². The van der Waals surface area contributed by atoms with Gasteiger partial charge in [0, 0.05) is 17.8 Å². The smallest absolute Gasteiger partial charge is 0.340 e. The largest absolute Gasteiger partial charge is 0.457 e. The Morgan fingerprint density at radius 3 is 2.55 bits per heavy atom. The Morgan fingerprint density at radius 2 is 1.90 bits per heavy atom. The average molecular weight is 272 g/mol. The van der Waals surface area contributed by atoms with Gasteiger partial charge in [-0.1, -0.05) is 30.3 Å². The van der Waals surface area contributed by atoms with Crippen LogP contribution >= 0.6 is 0 Å². The van der Waals surface area contributed by atoms with Crippen LogP contribution in [-0.2, 0) is 11.3 Å². The molecule has 0 radical (unpaired) electrons. The van der Waals surface area contributed by atoms with E-state index in [0.717, 1.165) is 11.6 Å². The molecule has 2 aromatic carbocycles. The van der Waals surface area contributed by atoms with Gasteiger partial charge in [0.15, 0.2) is 0 Å². The number of anilines is 1. The minimum absolute atomic E-state index is 0.00451. The Balaban J connectivity index is 2.13. The SMILES string of the molecule is Nc1ccc([N+](=O)[O-])cc1C(=O)OCc1ccccc1. The molecule has 2 aromatic rings. The lowest BCUT2D eigenvalue weighted by molar-refractivity contribution is -0.384. The summed E-state index contributed by atoms with van der Waals surface area (Å²) in [5, 5.41) is 10.7. The van der Waals surface area contributed by atoms with E-state index < -0.39 is 10.9 Å². The van der Waals surface area contributed by atoms with Gasteiger partial charge in [-0.15, -0.1) is 0 Å². The molecule has 6 heteroatoms. The quantitative estimate of drug-likeness (QED) is 0.399. The fraction of sp³-hybridized carbons (Fsp3) is 0.0714. The molecule has 2 rings (SSSR count). The van der Waals surface area contributed by atoms with E-state index in [4.69, 9.17) is 10.5 Å². The first kappa shape index (κ1) is 13.5. The Hall–Kier alpha value is -2.89. The van der Waals surface area contributed by atoms with Gasteiger partial charge in [-0.3, -0.25) is 10.1 Å². The Kier molecular flexibility index (Phi) is 3.95. The van der Waals surface area contributed by atoms with Gasteiger partial charge in [-0.2, -0.15) is 0 Å². The number of hydrogen-bond acceptors (Lipinski definition) is 5. The number of nitrogens with zero attached hydrogens (tertiary/aromatic N) is 1. The van der Waals surface area contributed by atoms with Crippen LogP contribution in [0.4, 0.5) is 11.4 Å². The number of hydrogen-bond donors (Lipinski definition) is 1. The van der Waals surface area contributed by atoms with Crippen LogP contribution < -0.4 is 5.73 Å². The number of esters is 1. The molecule has 0 atom stereocenters. The van der Waals surface area contributed by atoms with Crippen LogP contribution in [0.15, 0.2) is 48.5 Å². The molecule has 2 N–H and O–H groups in total. The van der Waals surface area contributed by atoms with Gasteiger partial charge >= 0.3 is 5.97 Å². The summed E-state index contributed by atoms with van der Waals surface area (Å²) in [5.41, 5.74) is 6.40. The second kappa shape index (κ2) is 5.83. The van der Waals surface area contributed by atoms with E-state index in [1.54, 1.807) is 0 Å². The van der Waals surface area contributed by atoms with Crippen molar-refractivity contribution in [3.63, 3.8) is 0 Å². The monoisotopic (exact) mass is 272 g/mol. The van der Waals surface area contributed by atoms with E-state index in [9.17, 15) is 14.9 Å². The fourth-order valence-corrected chi connectivity index (χ4v) is 1.64. The third-order valence-electron chi connectivity index (χ3n) is 2.68. The summed E-state index contributed by atoms with van der Waals surface area (Å²) in [6, 6.07) is 12.8. The molecule has 0 heterocycles. The molecule has 0 amide bonds. The number of non-ortho nitro benzene ring substituents is 1. The summed E-state index contributed by atoms with van der Waals surface area (Å²) in [7, 11) is 0. The maximum absolute atomic E-state index is 11.9. The Bertz CT molecular complexity index is 641. The molecule has 0 spiro atoms. The molecule has 20 heavy (non-hydrogen) atoms. The molecule has 0 aromatic heterocycles. The number of nitro benzene ring substituents is 1. The average Bonchev–Trinajstić information content (AvgIpc) is 2.46. The summed E-state index contributed by atoms with van der Waals surface area (Å²) in [6.07, 6.45) is 0. The van der Waals surface area contributed by atoms with Crippen molar-refractivity contribution in [1.29, 1.82) is 0 Å². The predicted molar refractivity (Wildman–Crippen MR) is 73.1 cm³/mol. The summed E-state index contributed by atoms with van der Waals surface area (Å²) in [4.78, 5) is 22.0. The molecule has 0 saturated carbocycles. The van der Waals surface area contributed by atoms with Crippen LogP contribution in [0.2, 0.25) is 0 Å². The lowest BCUT2D eigenvalue weighted by Gasteiger charge is -2.07. The second-order valence-corrected chi connectivity index (χ2v) is 4.09. The van der Waals surface area contributed by atoms with Gasteiger partial charge in [0.25, 0.3) is 5.69 Å². The van der Waals surface area contributed by atoms with Crippen molar-refractivity contribution in [2.75, 3.05) is 5.73 Å². The highest BCUT2D eigenvalue weighted by atomic mass is 16.6. The number of carbonyl (C=O) groups excluding carboxylic acids is 1. The van der Waals surface area contributed by atoms with Crippen LogP contribution in [0.5, 0.6) is 0 Å². The van der Waals surface area contributed by atoms with Crippen LogP contribution in [-0.4, -0.2) is 10.9 Å². The molecule has 102 valence electrons. The van der Waals surface area contributed by atoms with Crippen LogP contribution in [0.1, 0.15) is 15.9 Å². The summed E-state index contributed by atoms with van der Waals surface area (Å²) in [5.74, 6) is -0.685. The number of benzene rings is 2. The Morgan fingerprint density at radius 1 is 1.20 bits per heavy atom. The number of carbonyl (C=O) groups is 1. The number of rotatable bonds is 4. The van der Waals surface area contributed by atoms with Crippen molar-refractivity contribution in [3.8, 4) is 0 Å². The van der Waals surface area contributed by atoms with Crippen molar-refractivity contribution in [2.45, 2.75) is 6.61 Å². The number of nitro groups is 1. The van der Waals surface area contributed by atoms with Gasteiger partial charge in [0.2, 0.25) is 0 Å². The van der Waals surface area contributed by atoms with Gasteiger partial charge in [0.1, 0.15) is 6.61 Å². The first-order chi connectivity index (χ1) is 9.58. The highest BCUT2D eigenvalue weighted by Crippen LogP contribution is 2.20. The van der Waals surface area contributed by atoms with Crippen molar-refractivity contribution in [1.82, 2.24) is 0 Å². The minimum Gasteiger partial charge on any atom is -0.457 e. The highest BCUT2D eigenvalue weighted by Gasteiger charge is 2.16. The number of nitrogen functional groups attached to an aromatic ring is 1. The van der Waals surface area contributed by atoms with Gasteiger partial charge in [-0.25, -0.2) is 4.79 Å². The van der Waals surface area contributed by atoms with E-state index in [1.807, 2.05) is 30.3 Å². The molecule has 0 unspecified atom stereocenters. The molecule has 0 bridgehead atoms. The summed E-state index contributed by atoms with van der Waals surface area (Å²) in [6.45, 7) is 0.0851. The molecular weight excluding hydrogens is 260 g/mol. The summed E-state index contributed by atoms with van der Waals surface area (Å²) < 4.78 is 5.09. The second-order valence-electron chi connectivity index (χ2n) is 4.09. The molecule has 6 nitrogen and oxygen atoms in total. The number of ether oxygens (including phenoxy) is 1. The first-order valence-corrected chi connectivity index (χ1v) is 5.83. The number of nitrogens with two attached hydrogens (primary N) is 1. The fourth-order valence-electron chi connectivity index (χ4n) is 1.64. The third-order valence-corrected chi connectivity index (χ3v) is 2.68.